The number of nitrogens with zero attached hydrogens (tertiary/aromatic N) is 1. The molecular formula is C9H7ClF3NS. The van der Waals surface area contributed by atoms with Crippen LogP contribution in [-0.2, 0) is 6.18 Å². The van der Waals surface area contributed by atoms with E-state index in [0.29, 0.717) is 28.5 Å². The largest absolute Gasteiger partial charge is 0.443 e. The molecule has 1 rings (SSSR count). The molecule has 0 spiro atoms. The zero-order chi connectivity index (χ0) is 11.3. The summed E-state index contributed by atoms with van der Waals surface area (Å²) in [4.78, 5) is 3.58. The van der Waals surface area contributed by atoms with Crippen molar-refractivity contribution in [3.8, 4) is 11.8 Å². The number of halogens is 4. The summed E-state index contributed by atoms with van der Waals surface area (Å²) in [7, 11) is 0. The van der Waals surface area contributed by atoms with E-state index < -0.39 is 11.2 Å². The van der Waals surface area contributed by atoms with E-state index in [9.17, 15) is 13.2 Å². The molecular weight excluding hydrogens is 247 g/mol. The minimum atomic E-state index is -4.37. The zero-order valence-electron chi connectivity index (χ0n) is 7.57. The molecule has 0 unspecified atom stereocenters. The number of thiazole rings is 1. The van der Waals surface area contributed by atoms with E-state index in [0.717, 1.165) is 12.6 Å². The zero-order valence-corrected chi connectivity index (χ0v) is 9.14. The molecule has 1 aromatic rings. The monoisotopic (exact) mass is 253 g/mol. The lowest BCUT2D eigenvalue weighted by molar-refractivity contribution is -0.137. The molecule has 1 nitrogen and oxygen atoms in total. The third kappa shape index (κ3) is 4.10. The van der Waals surface area contributed by atoms with Gasteiger partial charge in [0.15, 0.2) is 5.01 Å². The van der Waals surface area contributed by atoms with E-state index in [1.807, 2.05) is 0 Å². The number of hydrogen-bond donors (Lipinski definition) is 0. The Balaban J connectivity index is 2.63. The number of aromatic nitrogens is 1. The molecule has 6 heteroatoms. The SMILES string of the molecule is FC(F)(F)c1ncc(C#CCCCCl)s1. The Kier molecular flexibility index (Phi) is 4.43. The van der Waals surface area contributed by atoms with Crippen molar-refractivity contribution in [3.63, 3.8) is 0 Å². The summed E-state index contributed by atoms with van der Waals surface area (Å²) >= 11 is 5.98. The molecule has 0 aliphatic rings. The first-order chi connectivity index (χ1) is 7.04. The number of rotatable bonds is 2. The standard InChI is InChI=1S/C9H7ClF3NS/c10-5-3-1-2-4-7-6-14-8(15-7)9(11,12)13/h6H,1,3,5H2. The van der Waals surface area contributed by atoms with Crippen molar-refractivity contribution in [1.29, 1.82) is 0 Å². The lowest BCUT2D eigenvalue weighted by Gasteiger charge is -1.98. The molecule has 1 aromatic heterocycles. The minimum absolute atomic E-state index is 0.330. The Labute approximate surface area is 94.3 Å². The van der Waals surface area contributed by atoms with Crippen LogP contribution in [0.5, 0.6) is 0 Å². The maximum absolute atomic E-state index is 12.1. The van der Waals surface area contributed by atoms with Gasteiger partial charge in [0, 0.05) is 12.3 Å². The van der Waals surface area contributed by atoms with Gasteiger partial charge in [-0.1, -0.05) is 11.8 Å². The molecule has 1 heterocycles. The van der Waals surface area contributed by atoms with Crippen molar-refractivity contribution in [2.75, 3.05) is 5.88 Å². The minimum Gasteiger partial charge on any atom is -0.239 e. The van der Waals surface area contributed by atoms with Crippen LogP contribution in [0, 0.1) is 11.8 Å². The highest BCUT2D eigenvalue weighted by Crippen LogP contribution is 2.31. The maximum Gasteiger partial charge on any atom is 0.443 e. The first-order valence-corrected chi connectivity index (χ1v) is 5.47. The van der Waals surface area contributed by atoms with Gasteiger partial charge in [-0.3, -0.25) is 0 Å². The number of alkyl halides is 4. The molecule has 0 aliphatic heterocycles. The van der Waals surface area contributed by atoms with E-state index in [1.165, 1.54) is 0 Å². The van der Waals surface area contributed by atoms with Crippen molar-refractivity contribution in [2.45, 2.75) is 19.0 Å². The third-order valence-corrected chi connectivity index (χ3v) is 2.62. The Hall–Kier alpha value is -0.730. The van der Waals surface area contributed by atoms with Crippen LogP contribution in [0.3, 0.4) is 0 Å². The average Bonchev–Trinajstić information content (AvgIpc) is 2.60. The van der Waals surface area contributed by atoms with E-state index in [2.05, 4.69) is 16.8 Å². The van der Waals surface area contributed by atoms with Gasteiger partial charge in [-0.25, -0.2) is 4.98 Å². The van der Waals surface area contributed by atoms with Crippen molar-refractivity contribution in [1.82, 2.24) is 4.98 Å². The first-order valence-electron chi connectivity index (χ1n) is 4.12. The number of hydrogen-bond acceptors (Lipinski definition) is 2. The first kappa shape index (κ1) is 12.3. The second-order valence-electron chi connectivity index (χ2n) is 2.62. The fraction of sp³-hybridized carbons (Fsp3) is 0.444. The van der Waals surface area contributed by atoms with E-state index in [4.69, 9.17) is 11.6 Å². The predicted molar refractivity (Wildman–Crippen MR) is 53.9 cm³/mol. The molecule has 0 atom stereocenters. The normalized spacial score (nSPS) is 10.9. The van der Waals surface area contributed by atoms with Crippen LogP contribution >= 0.6 is 22.9 Å². The van der Waals surface area contributed by atoms with Gasteiger partial charge < -0.3 is 0 Å². The van der Waals surface area contributed by atoms with E-state index in [-0.39, 0.29) is 0 Å². The van der Waals surface area contributed by atoms with Crippen molar-refractivity contribution >= 4 is 22.9 Å². The highest BCUT2D eigenvalue weighted by atomic mass is 35.5. The van der Waals surface area contributed by atoms with E-state index in [1.54, 1.807) is 0 Å². The highest BCUT2D eigenvalue weighted by Gasteiger charge is 2.34. The molecule has 15 heavy (non-hydrogen) atoms. The second kappa shape index (κ2) is 5.38. The Morgan fingerprint density at radius 3 is 2.73 bits per heavy atom. The molecule has 0 aliphatic carbocycles. The van der Waals surface area contributed by atoms with Crippen LogP contribution in [0.1, 0.15) is 22.7 Å². The van der Waals surface area contributed by atoms with Crippen molar-refractivity contribution in [3.05, 3.63) is 16.1 Å². The van der Waals surface area contributed by atoms with Gasteiger partial charge in [-0.05, 0) is 6.42 Å². The second-order valence-corrected chi connectivity index (χ2v) is 4.03. The van der Waals surface area contributed by atoms with Crippen LogP contribution < -0.4 is 0 Å². The van der Waals surface area contributed by atoms with Gasteiger partial charge in [0.05, 0.1) is 11.1 Å². The Morgan fingerprint density at radius 1 is 1.47 bits per heavy atom. The molecule has 0 saturated carbocycles. The summed E-state index contributed by atoms with van der Waals surface area (Å²) in [6, 6.07) is 0. The van der Waals surface area contributed by atoms with E-state index >= 15 is 0 Å². The summed E-state index contributed by atoms with van der Waals surface area (Å²) < 4.78 is 36.4. The van der Waals surface area contributed by atoms with Gasteiger partial charge >= 0.3 is 6.18 Å². The summed E-state index contributed by atoms with van der Waals surface area (Å²) in [5.74, 6) is 5.86. The smallest absolute Gasteiger partial charge is 0.239 e. The fourth-order valence-electron chi connectivity index (χ4n) is 0.768. The molecule has 82 valence electrons. The lowest BCUT2D eigenvalue weighted by atomic mass is 10.3. The van der Waals surface area contributed by atoms with Crippen molar-refractivity contribution in [2.24, 2.45) is 0 Å². The summed E-state index contributed by atoms with van der Waals surface area (Å²) in [6.07, 6.45) is -1.91. The average molecular weight is 254 g/mol. The quantitative estimate of drug-likeness (QED) is 0.446. The summed E-state index contributed by atoms with van der Waals surface area (Å²) in [6.45, 7) is 0. The molecule has 0 radical (unpaired) electrons. The van der Waals surface area contributed by atoms with Gasteiger partial charge in [-0.15, -0.1) is 22.9 Å². The molecule has 0 saturated heterocycles. The molecule has 0 bridgehead atoms. The van der Waals surface area contributed by atoms with Crippen LogP contribution in [0.2, 0.25) is 0 Å². The molecule has 0 fully saturated rings. The van der Waals surface area contributed by atoms with Crippen LogP contribution in [0.25, 0.3) is 0 Å². The third-order valence-electron chi connectivity index (χ3n) is 1.40. The predicted octanol–water partition coefficient (Wildman–Crippen LogP) is 3.53. The van der Waals surface area contributed by atoms with Crippen LogP contribution in [0.4, 0.5) is 13.2 Å². The van der Waals surface area contributed by atoms with Gasteiger partial charge in [-0.2, -0.15) is 13.2 Å². The van der Waals surface area contributed by atoms with Crippen LogP contribution in [0.15, 0.2) is 6.20 Å². The fourth-order valence-corrected chi connectivity index (χ4v) is 1.56. The Bertz CT molecular complexity index is 375. The highest BCUT2D eigenvalue weighted by molar-refractivity contribution is 7.12. The van der Waals surface area contributed by atoms with Crippen molar-refractivity contribution < 1.29 is 13.2 Å². The maximum atomic E-state index is 12.1. The van der Waals surface area contributed by atoms with Gasteiger partial charge in [0.1, 0.15) is 0 Å². The topological polar surface area (TPSA) is 12.9 Å². The summed E-state index contributed by atoms with van der Waals surface area (Å²) in [5.41, 5.74) is 0. The van der Waals surface area contributed by atoms with Crippen LogP contribution in [-0.4, -0.2) is 10.9 Å². The lowest BCUT2D eigenvalue weighted by Crippen LogP contribution is -2.02. The number of unbranched alkanes of at least 4 members (excludes halogenated alkanes) is 1. The Morgan fingerprint density at radius 2 is 2.20 bits per heavy atom. The van der Waals surface area contributed by atoms with Gasteiger partial charge in [0.25, 0.3) is 0 Å². The molecule has 0 aromatic carbocycles. The molecule has 0 N–H and O–H groups in total. The summed E-state index contributed by atoms with van der Waals surface area (Å²) in [5, 5.41) is -0.857. The molecule has 0 amide bonds. The van der Waals surface area contributed by atoms with Gasteiger partial charge in [0.2, 0.25) is 0 Å².